The highest BCUT2D eigenvalue weighted by Crippen LogP contribution is 2.31. The van der Waals surface area contributed by atoms with Gasteiger partial charge in [-0.15, -0.1) is 0 Å². The molecule has 0 N–H and O–H groups in total. The van der Waals surface area contributed by atoms with E-state index >= 15 is 0 Å². The first-order chi connectivity index (χ1) is 8.24. The standard InChI is InChI=1S/C15H11BrO/c1-10-8-12-5-3-7-14(15(12)17-10)11-4-2-6-13(16)9-11/h2-9H,1H3. The Hall–Kier alpha value is -1.54. The predicted octanol–water partition coefficient (Wildman–Crippen LogP) is 5.17. The topological polar surface area (TPSA) is 13.1 Å². The van der Waals surface area contributed by atoms with Crippen molar-refractivity contribution in [1.82, 2.24) is 0 Å². The van der Waals surface area contributed by atoms with Crippen molar-refractivity contribution in [3.63, 3.8) is 0 Å². The average molecular weight is 287 g/mol. The van der Waals surface area contributed by atoms with Crippen molar-refractivity contribution in [1.29, 1.82) is 0 Å². The molecular weight excluding hydrogens is 276 g/mol. The Morgan fingerprint density at radius 2 is 1.82 bits per heavy atom. The highest BCUT2D eigenvalue weighted by molar-refractivity contribution is 9.10. The van der Waals surface area contributed by atoms with Crippen LogP contribution in [-0.2, 0) is 0 Å². The summed E-state index contributed by atoms with van der Waals surface area (Å²) in [4.78, 5) is 0. The van der Waals surface area contributed by atoms with Gasteiger partial charge in [-0.25, -0.2) is 0 Å². The summed E-state index contributed by atoms with van der Waals surface area (Å²) in [7, 11) is 0. The summed E-state index contributed by atoms with van der Waals surface area (Å²) in [5, 5.41) is 1.15. The van der Waals surface area contributed by atoms with E-state index in [1.807, 2.05) is 19.1 Å². The zero-order valence-corrected chi connectivity index (χ0v) is 11.0. The van der Waals surface area contributed by atoms with E-state index in [4.69, 9.17) is 4.42 Å². The van der Waals surface area contributed by atoms with Crippen LogP contribution in [0.3, 0.4) is 0 Å². The summed E-state index contributed by atoms with van der Waals surface area (Å²) in [6.45, 7) is 1.98. The van der Waals surface area contributed by atoms with E-state index in [-0.39, 0.29) is 0 Å². The monoisotopic (exact) mass is 286 g/mol. The number of aryl methyl sites for hydroxylation is 1. The van der Waals surface area contributed by atoms with E-state index in [0.717, 1.165) is 26.8 Å². The highest BCUT2D eigenvalue weighted by Gasteiger charge is 2.08. The van der Waals surface area contributed by atoms with Crippen LogP contribution in [0.25, 0.3) is 22.1 Å². The van der Waals surface area contributed by atoms with Crippen LogP contribution in [0, 0.1) is 6.92 Å². The number of hydrogen-bond donors (Lipinski definition) is 0. The van der Waals surface area contributed by atoms with Crippen molar-refractivity contribution < 1.29 is 4.42 Å². The summed E-state index contributed by atoms with van der Waals surface area (Å²) in [5.41, 5.74) is 3.26. The van der Waals surface area contributed by atoms with E-state index in [2.05, 4.69) is 52.3 Å². The zero-order chi connectivity index (χ0) is 11.8. The van der Waals surface area contributed by atoms with Crippen molar-refractivity contribution in [2.45, 2.75) is 6.92 Å². The van der Waals surface area contributed by atoms with Gasteiger partial charge in [0.15, 0.2) is 0 Å². The Labute approximate surface area is 108 Å². The van der Waals surface area contributed by atoms with Gasteiger partial charge in [-0.1, -0.05) is 46.3 Å². The lowest BCUT2D eigenvalue weighted by atomic mass is 10.0. The Morgan fingerprint density at radius 3 is 2.65 bits per heavy atom. The highest BCUT2D eigenvalue weighted by atomic mass is 79.9. The maximum absolute atomic E-state index is 5.78. The number of benzene rings is 2. The van der Waals surface area contributed by atoms with Crippen LogP contribution in [-0.4, -0.2) is 0 Å². The molecular formula is C15H11BrO. The van der Waals surface area contributed by atoms with Gasteiger partial charge in [-0.05, 0) is 30.7 Å². The Morgan fingerprint density at radius 1 is 1.00 bits per heavy atom. The quantitative estimate of drug-likeness (QED) is 0.601. The normalized spacial score (nSPS) is 10.9. The van der Waals surface area contributed by atoms with Gasteiger partial charge in [0.2, 0.25) is 0 Å². The number of para-hydroxylation sites is 1. The van der Waals surface area contributed by atoms with Gasteiger partial charge in [-0.3, -0.25) is 0 Å². The molecule has 0 radical (unpaired) electrons. The van der Waals surface area contributed by atoms with E-state index in [1.54, 1.807) is 0 Å². The van der Waals surface area contributed by atoms with Gasteiger partial charge in [0.1, 0.15) is 11.3 Å². The largest absolute Gasteiger partial charge is 0.461 e. The van der Waals surface area contributed by atoms with Crippen molar-refractivity contribution in [3.8, 4) is 11.1 Å². The number of halogens is 1. The fourth-order valence-electron chi connectivity index (χ4n) is 2.08. The molecule has 0 fully saturated rings. The molecule has 0 bridgehead atoms. The van der Waals surface area contributed by atoms with Gasteiger partial charge >= 0.3 is 0 Å². The molecule has 1 aromatic heterocycles. The summed E-state index contributed by atoms with van der Waals surface area (Å²) < 4.78 is 6.86. The predicted molar refractivity (Wildman–Crippen MR) is 74.1 cm³/mol. The fraction of sp³-hybridized carbons (Fsp3) is 0.0667. The molecule has 2 aromatic carbocycles. The van der Waals surface area contributed by atoms with Gasteiger partial charge in [0.25, 0.3) is 0 Å². The van der Waals surface area contributed by atoms with Gasteiger partial charge < -0.3 is 4.42 Å². The Bertz CT molecular complexity index is 682. The summed E-state index contributed by atoms with van der Waals surface area (Å²) >= 11 is 3.50. The molecule has 0 atom stereocenters. The van der Waals surface area contributed by atoms with E-state index in [1.165, 1.54) is 5.56 Å². The second kappa shape index (κ2) is 4.04. The SMILES string of the molecule is Cc1cc2cccc(-c3cccc(Br)c3)c2o1. The lowest BCUT2D eigenvalue weighted by Gasteiger charge is -2.03. The van der Waals surface area contributed by atoms with Crippen LogP contribution in [0.4, 0.5) is 0 Å². The molecule has 0 saturated carbocycles. The first-order valence-corrected chi connectivity index (χ1v) is 6.28. The minimum atomic E-state index is 0.947. The summed E-state index contributed by atoms with van der Waals surface area (Å²) in [6.07, 6.45) is 0. The molecule has 0 amide bonds. The lowest BCUT2D eigenvalue weighted by Crippen LogP contribution is -1.78. The van der Waals surface area contributed by atoms with Crippen LogP contribution < -0.4 is 0 Å². The van der Waals surface area contributed by atoms with Crippen LogP contribution >= 0.6 is 15.9 Å². The van der Waals surface area contributed by atoms with Gasteiger partial charge in [0, 0.05) is 15.4 Å². The molecule has 0 aliphatic rings. The van der Waals surface area contributed by atoms with Crippen molar-refractivity contribution in [3.05, 3.63) is 58.8 Å². The second-order valence-corrected chi connectivity index (χ2v) is 5.01. The van der Waals surface area contributed by atoms with E-state index in [0.29, 0.717) is 0 Å². The van der Waals surface area contributed by atoms with Crippen molar-refractivity contribution in [2.75, 3.05) is 0 Å². The smallest absolute Gasteiger partial charge is 0.142 e. The number of hydrogen-bond acceptors (Lipinski definition) is 1. The molecule has 1 heterocycles. The molecule has 0 spiro atoms. The van der Waals surface area contributed by atoms with Gasteiger partial charge in [-0.2, -0.15) is 0 Å². The maximum Gasteiger partial charge on any atom is 0.142 e. The first-order valence-electron chi connectivity index (χ1n) is 5.49. The van der Waals surface area contributed by atoms with Crippen molar-refractivity contribution >= 4 is 26.9 Å². The molecule has 17 heavy (non-hydrogen) atoms. The molecule has 84 valence electrons. The average Bonchev–Trinajstić information content (AvgIpc) is 2.68. The molecule has 3 rings (SSSR count). The van der Waals surface area contributed by atoms with Crippen molar-refractivity contribution in [2.24, 2.45) is 0 Å². The first kappa shape index (κ1) is 10.6. The second-order valence-electron chi connectivity index (χ2n) is 4.09. The third-order valence-electron chi connectivity index (χ3n) is 2.80. The van der Waals surface area contributed by atoms with Crippen LogP contribution in [0.2, 0.25) is 0 Å². The molecule has 1 nitrogen and oxygen atoms in total. The molecule has 0 unspecified atom stereocenters. The molecule has 0 saturated heterocycles. The molecule has 0 aliphatic heterocycles. The zero-order valence-electron chi connectivity index (χ0n) is 9.41. The fourth-order valence-corrected chi connectivity index (χ4v) is 2.47. The minimum Gasteiger partial charge on any atom is -0.461 e. The Kier molecular flexibility index (Phi) is 2.52. The maximum atomic E-state index is 5.78. The van der Waals surface area contributed by atoms with E-state index < -0.39 is 0 Å². The third-order valence-corrected chi connectivity index (χ3v) is 3.30. The molecule has 3 aromatic rings. The number of furan rings is 1. The molecule has 2 heteroatoms. The van der Waals surface area contributed by atoms with Crippen LogP contribution in [0.15, 0.2) is 57.4 Å². The summed E-state index contributed by atoms with van der Waals surface area (Å²) in [5.74, 6) is 0.947. The lowest BCUT2D eigenvalue weighted by molar-refractivity contribution is 0.579. The van der Waals surface area contributed by atoms with Crippen LogP contribution in [0.5, 0.6) is 0 Å². The number of fused-ring (bicyclic) bond motifs is 1. The third kappa shape index (κ3) is 1.89. The number of rotatable bonds is 1. The van der Waals surface area contributed by atoms with E-state index in [9.17, 15) is 0 Å². The summed E-state index contributed by atoms with van der Waals surface area (Å²) in [6, 6.07) is 16.6. The molecule has 0 aliphatic carbocycles. The van der Waals surface area contributed by atoms with Gasteiger partial charge in [0.05, 0.1) is 0 Å². The van der Waals surface area contributed by atoms with Crippen LogP contribution in [0.1, 0.15) is 5.76 Å². The Balaban J connectivity index is 2.30. The minimum absolute atomic E-state index is 0.947.